The fraction of sp³-hybridized carbons (Fsp3) is 0.911. The maximum absolute atomic E-state index is 11.5. The Kier molecular flexibility index (Phi) is 89.2. The van der Waals surface area contributed by atoms with E-state index in [1.54, 1.807) is 6.92 Å². The number of Topliss-reactive ketones (excluding diaryl/α,β-unsaturated/α-hetero) is 7. The number of unbranched alkanes of at least 4 members (excludes halogenated alkanes) is 2. The van der Waals surface area contributed by atoms with Gasteiger partial charge in [-0.15, -0.1) is 0 Å². The Morgan fingerprint density at radius 2 is 0.623 bits per heavy atom. The summed E-state index contributed by atoms with van der Waals surface area (Å²) in [5.74, 6) is 4.12. The number of hydrogen-bond donors (Lipinski definition) is 2. The van der Waals surface area contributed by atoms with Crippen LogP contribution in [-0.4, -0.2) is 425 Å². The summed E-state index contributed by atoms with van der Waals surface area (Å²) in [6.45, 7) is 67.2. The van der Waals surface area contributed by atoms with E-state index < -0.39 is 0 Å². The van der Waals surface area contributed by atoms with E-state index in [1.165, 1.54) is 56.3 Å². The topological polar surface area (TPSA) is 251 Å². The molecule has 26 heteroatoms. The molecule has 2 aliphatic rings. The molecule has 0 saturated carbocycles. The van der Waals surface area contributed by atoms with Gasteiger partial charge in [-0.3, -0.25) is 52.8 Å². The van der Waals surface area contributed by atoms with Gasteiger partial charge >= 0.3 is 17.9 Å². The number of likely N-dealkylation sites (N-methyl/N-ethyl adjacent to an activating group) is 4. The minimum atomic E-state index is -0.108. The second-order valence-corrected chi connectivity index (χ2v) is 49.4. The molecule has 2 N–H and O–H groups in total. The minimum absolute atomic E-state index is 0.0101. The number of likely N-dealkylation sites (tertiary alicyclic amines) is 2. The second-order valence-electron chi connectivity index (χ2n) is 49.4. The van der Waals surface area contributed by atoms with Crippen molar-refractivity contribution in [3.8, 4) is 0 Å². The zero-order valence-corrected chi connectivity index (χ0v) is 99.7. The number of quaternary nitrogens is 9. The van der Waals surface area contributed by atoms with E-state index in [0.717, 1.165) is 243 Å². The van der Waals surface area contributed by atoms with Gasteiger partial charge in [0.05, 0.1) is 276 Å². The molecule has 824 valence electrons. The van der Waals surface area contributed by atoms with E-state index in [9.17, 15) is 53.1 Å². The number of hydrogen-bond acceptors (Lipinski definition) is 17. The lowest BCUT2D eigenvalue weighted by Gasteiger charge is -2.39. The molecular weight excluding hydrogens is 1740 g/mol. The Morgan fingerprint density at radius 3 is 0.949 bits per heavy atom. The summed E-state index contributed by atoms with van der Waals surface area (Å²) >= 11 is 0. The number of aliphatic hydroxyl groups excluding tert-OH is 2. The van der Waals surface area contributed by atoms with Crippen molar-refractivity contribution in [1.82, 2.24) is 4.90 Å². The molecule has 2 saturated heterocycles. The van der Waals surface area contributed by atoms with E-state index >= 15 is 0 Å². The summed E-state index contributed by atoms with van der Waals surface area (Å²) in [5, 5.41) is 18.3. The van der Waals surface area contributed by atoms with Gasteiger partial charge in [0.15, 0.2) is 0 Å². The third-order valence-electron chi connectivity index (χ3n) is 24.3. The number of esters is 3. The number of piperidine rings is 2. The zero-order chi connectivity index (χ0) is 109. The lowest BCUT2D eigenvalue weighted by Crippen LogP contribution is -2.51. The van der Waals surface area contributed by atoms with Crippen LogP contribution >= 0.6 is 0 Å². The van der Waals surface area contributed by atoms with Gasteiger partial charge in [-0.25, -0.2) is 0 Å². The van der Waals surface area contributed by atoms with Gasteiger partial charge in [-0.05, 0) is 84.1 Å². The number of nitrogens with zero attached hydrogens (tertiary/aromatic N) is 10. The number of ketones is 7. The third kappa shape index (κ3) is 109. The number of ether oxygens (including phenoxy) is 4. The van der Waals surface area contributed by atoms with Crippen molar-refractivity contribution in [1.29, 1.82) is 0 Å². The molecule has 2 heterocycles. The van der Waals surface area contributed by atoms with Crippen molar-refractivity contribution in [2.75, 3.05) is 305 Å². The number of carbonyl (C=O) groups is 10. The highest BCUT2D eigenvalue weighted by molar-refractivity contribution is 5.82. The molecule has 2 fully saturated rings. The first-order chi connectivity index (χ1) is 63.0. The minimum Gasteiger partial charge on any atom is -0.465 e. The standard InChI is InChI=1S/C13H26NO2.C13H26NO.C12H26NO2.C12H26NO.C11H23NO2.C11H24NO2.C11H24NO.C10H22NO2.C10H22NO.C9H20NO2/c1-11(2)13(16)5-4-8-14(3)9-6-12(15)7-10-14;1-12(2)13(15)8-7-11-14(3)9-5-4-6-10-14;1-11(2)12(15)7-5-6-8-13(3,4)9-10-14;1-6-9-13(4,5)10-7-8-12(14)11(2)3;1-10(2)5-7-14-8-6-12(4)9-11(3)13;1-6-7-12(4,5)8-9-14-11(13)10(2)3;1-10(2)11(13)8-6-7-9-12(3,4)5;1-9(2)10(12)13-8-6-7-11(3,4)5;1-9(2)10(12)7-6-8-11(3,4)5;1-8(2)9(11)12-7-6-10(3,4)5/h11-12,15H,4-10H2,1-3H3;12H,4-11H2,1-3H3;11,14H,5-10H2,1-4H3;11H,6-10H2,1-5H3;10H,5-9H2,1-4H3;10H,6-9H2,1-5H3;10H,6-9H2,1-5H3;9H,6-8H2,1-5H3;9H,6-8H2,1-5H3;8H,6-7H2,1-5H3/q4*+1;;5*+1. The van der Waals surface area contributed by atoms with Crippen LogP contribution in [0.15, 0.2) is 0 Å². The Morgan fingerprint density at radius 1 is 0.333 bits per heavy atom. The molecule has 0 spiro atoms. The van der Waals surface area contributed by atoms with E-state index in [0.29, 0.717) is 79.8 Å². The van der Waals surface area contributed by atoms with Crippen molar-refractivity contribution < 1.29 is 117 Å². The smallest absolute Gasteiger partial charge is 0.308 e. The average molecular weight is 1980 g/mol. The van der Waals surface area contributed by atoms with E-state index in [-0.39, 0.29) is 89.7 Å². The molecule has 2 rings (SSSR count). The summed E-state index contributed by atoms with van der Waals surface area (Å²) in [4.78, 5) is 114. The second kappa shape index (κ2) is 82.7. The van der Waals surface area contributed by atoms with Crippen LogP contribution in [0.4, 0.5) is 0 Å². The van der Waals surface area contributed by atoms with Crippen molar-refractivity contribution >= 4 is 58.4 Å². The Labute approximate surface area is 853 Å². The van der Waals surface area contributed by atoms with Crippen LogP contribution in [0.1, 0.15) is 307 Å². The monoisotopic (exact) mass is 1980 g/mol. The maximum Gasteiger partial charge on any atom is 0.308 e. The van der Waals surface area contributed by atoms with Crippen molar-refractivity contribution in [2.45, 2.75) is 313 Å². The van der Waals surface area contributed by atoms with Gasteiger partial charge in [0.1, 0.15) is 73.3 Å². The van der Waals surface area contributed by atoms with Gasteiger partial charge in [0, 0.05) is 132 Å². The summed E-state index contributed by atoms with van der Waals surface area (Å²) in [6, 6.07) is 0. The molecule has 0 aromatic heterocycles. The Hall–Kier alpha value is -4.42. The van der Waals surface area contributed by atoms with Gasteiger partial charge in [-0.1, -0.05) is 152 Å². The van der Waals surface area contributed by atoms with Crippen molar-refractivity contribution in [3.63, 3.8) is 0 Å². The van der Waals surface area contributed by atoms with Crippen LogP contribution in [0.2, 0.25) is 0 Å². The summed E-state index contributed by atoms with van der Waals surface area (Å²) < 4.78 is 29.4. The molecule has 0 aromatic rings. The first-order valence-electron chi connectivity index (χ1n) is 54.0. The van der Waals surface area contributed by atoms with Gasteiger partial charge in [0.2, 0.25) is 0 Å². The molecular formula is C112H239N10O16+9. The number of rotatable bonds is 59. The highest BCUT2D eigenvalue weighted by atomic mass is 16.5. The molecule has 2 aliphatic heterocycles. The van der Waals surface area contributed by atoms with Crippen LogP contribution in [-0.2, 0) is 66.9 Å². The Bertz CT molecular complexity index is 2960. The van der Waals surface area contributed by atoms with Crippen molar-refractivity contribution in [2.24, 2.45) is 59.2 Å². The fourth-order valence-corrected chi connectivity index (χ4v) is 14.0. The number of aliphatic hydroxyl groups is 2. The van der Waals surface area contributed by atoms with Gasteiger partial charge in [-0.2, -0.15) is 0 Å². The zero-order valence-electron chi connectivity index (χ0n) is 99.7. The van der Waals surface area contributed by atoms with Crippen LogP contribution in [0.25, 0.3) is 0 Å². The lowest BCUT2D eigenvalue weighted by molar-refractivity contribution is -0.915. The average Bonchev–Trinajstić information content (AvgIpc) is 0.846. The highest BCUT2D eigenvalue weighted by Gasteiger charge is 2.30. The summed E-state index contributed by atoms with van der Waals surface area (Å²) in [5.41, 5.74) is 0. The molecule has 0 aromatic carbocycles. The molecule has 0 radical (unpaired) electrons. The molecule has 138 heavy (non-hydrogen) atoms. The fourth-order valence-electron chi connectivity index (χ4n) is 14.0. The van der Waals surface area contributed by atoms with Crippen molar-refractivity contribution in [3.05, 3.63) is 0 Å². The summed E-state index contributed by atoms with van der Waals surface area (Å²) in [6.07, 6.45) is 23.1. The van der Waals surface area contributed by atoms with Crippen LogP contribution in [0.5, 0.6) is 0 Å². The van der Waals surface area contributed by atoms with E-state index in [4.69, 9.17) is 24.1 Å². The van der Waals surface area contributed by atoms with Crippen LogP contribution < -0.4 is 0 Å². The Balaban J connectivity index is -0.000000227. The van der Waals surface area contributed by atoms with Crippen LogP contribution in [0, 0.1) is 59.2 Å². The predicted octanol–water partition coefficient (Wildman–Crippen LogP) is 17.3. The normalized spacial score (nSPS) is 15.0. The van der Waals surface area contributed by atoms with E-state index in [2.05, 4.69) is 169 Å². The molecule has 0 aliphatic carbocycles. The number of carbonyl (C=O) groups excluding carboxylic acids is 10. The quantitative estimate of drug-likeness (QED) is 0.0248. The first-order valence-corrected chi connectivity index (χ1v) is 54.0. The SMILES string of the molecule is CC(=O)CN(C)CCOCCC(C)C.CC(C)C(=O)CCCC[N+](C)(C)C.CC(C)C(=O)CCCC[N+](C)(C)CCO.CC(C)C(=O)CCC[N+](C)(C)C.CC(C)C(=O)CCC[N+]1(C)CCC(O)CC1.CC(C)C(=O)CCC[N+]1(C)CCCCC1.CC(C)C(=O)OCCC[N+](C)(C)C.CC(C)C(=O)OCC[N+](C)(C)C.CCC[N+](C)(C)CCCC(=O)C(C)C.CCC[N+](C)(C)CCOC(=O)C(C)C. The van der Waals surface area contributed by atoms with E-state index in [1.807, 2.05) is 137 Å². The predicted molar refractivity (Wildman–Crippen MR) is 580 cm³/mol. The van der Waals surface area contributed by atoms with Gasteiger partial charge < -0.3 is 69.5 Å². The first kappa shape index (κ1) is 149. The summed E-state index contributed by atoms with van der Waals surface area (Å²) in [7, 11) is 45.2. The molecule has 0 atom stereocenters. The molecule has 0 unspecified atom stereocenters. The highest BCUT2D eigenvalue weighted by Crippen LogP contribution is 2.21. The van der Waals surface area contributed by atoms with Crippen LogP contribution in [0.3, 0.4) is 0 Å². The molecule has 0 bridgehead atoms. The molecule has 26 nitrogen and oxygen atoms in total. The molecule has 0 amide bonds. The maximum atomic E-state index is 11.5. The van der Waals surface area contributed by atoms with Gasteiger partial charge in [0.25, 0.3) is 0 Å². The third-order valence-corrected chi connectivity index (χ3v) is 24.3. The lowest BCUT2D eigenvalue weighted by atomic mass is 10.0. The largest absolute Gasteiger partial charge is 0.465 e.